The number of hydrogen-bond acceptors (Lipinski definition) is 5. The summed E-state index contributed by atoms with van der Waals surface area (Å²) in [7, 11) is 1.95. The second kappa shape index (κ2) is 10.4. The number of aromatic nitrogens is 2. The molecule has 180 valence electrons. The van der Waals surface area contributed by atoms with E-state index in [1.807, 2.05) is 18.4 Å². The van der Waals surface area contributed by atoms with Gasteiger partial charge in [-0.3, -0.25) is 0 Å². The minimum absolute atomic E-state index is 0.107. The van der Waals surface area contributed by atoms with E-state index in [-0.39, 0.29) is 5.60 Å². The molecule has 5 rings (SSSR count). The van der Waals surface area contributed by atoms with Gasteiger partial charge in [-0.15, -0.1) is 10.2 Å². The molecule has 2 saturated carbocycles. The van der Waals surface area contributed by atoms with Gasteiger partial charge < -0.3 is 9.64 Å². The van der Waals surface area contributed by atoms with Crippen LogP contribution in [-0.2, 0) is 4.74 Å². The average Bonchev–Trinajstić information content (AvgIpc) is 3.40. The molecule has 0 unspecified atom stereocenters. The summed E-state index contributed by atoms with van der Waals surface area (Å²) in [4.78, 5) is 2.54. The summed E-state index contributed by atoms with van der Waals surface area (Å²) in [6.07, 6.45) is 15.8. The van der Waals surface area contributed by atoms with Crippen LogP contribution in [0.3, 0.4) is 0 Å². The lowest BCUT2D eigenvalue weighted by Gasteiger charge is -2.47. The van der Waals surface area contributed by atoms with Crippen LogP contribution in [0.4, 0.5) is 5.69 Å². The Morgan fingerprint density at radius 3 is 2.27 bits per heavy atom. The number of nitrogens with zero attached hydrogens (tertiary/aromatic N) is 3. The first-order valence-corrected chi connectivity index (χ1v) is 14.3. The maximum atomic E-state index is 6.20. The molecule has 3 fully saturated rings. The first kappa shape index (κ1) is 23.3. The molecular weight excluding hydrogens is 426 g/mol. The van der Waals surface area contributed by atoms with Crippen LogP contribution in [0, 0.1) is 11.8 Å². The molecule has 1 aromatic heterocycles. The molecule has 2 aliphatic carbocycles. The summed E-state index contributed by atoms with van der Waals surface area (Å²) < 4.78 is 6.20. The van der Waals surface area contributed by atoms with Gasteiger partial charge in [0.25, 0.3) is 0 Å². The number of piperidine rings is 1. The molecule has 0 atom stereocenters. The predicted molar refractivity (Wildman–Crippen MR) is 138 cm³/mol. The highest BCUT2D eigenvalue weighted by atomic mass is 32.1. The third kappa shape index (κ3) is 5.00. The fourth-order valence-electron chi connectivity index (χ4n) is 6.70. The molecule has 4 nitrogen and oxygen atoms in total. The lowest BCUT2D eigenvalue weighted by Crippen LogP contribution is -2.50. The molecule has 33 heavy (non-hydrogen) atoms. The van der Waals surface area contributed by atoms with Crippen molar-refractivity contribution in [2.45, 2.75) is 95.5 Å². The lowest BCUT2D eigenvalue weighted by atomic mass is 9.72. The van der Waals surface area contributed by atoms with E-state index in [1.54, 1.807) is 0 Å². The van der Waals surface area contributed by atoms with Crippen LogP contribution < -0.4 is 4.90 Å². The largest absolute Gasteiger partial charge is 0.378 e. The van der Waals surface area contributed by atoms with Gasteiger partial charge >= 0.3 is 0 Å². The van der Waals surface area contributed by atoms with E-state index >= 15 is 0 Å². The topological polar surface area (TPSA) is 38.2 Å². The summed E-state index contributed by atoms with van der Waals surface area (Å²) >= 11 is 1.81. The van der Waals surface area contributed by atoms with E-state index in [2.05, 4.69) is 46.3 Å². The number of hydrogen-bond donors (Lipinski definition) is 0. The molecule has 0 amide bonds. The van der Waals surface area contributed by atoms with Gasteiger partial charge in [0.15, 0.2) is 0 Å². The molecular formula is C28H41N3OS. The van der Waals surface area contributed by atoms with E-state index in [0.717, 1.165) is 42.8 Å². The van der Waals surface area contributed by atoms with Gasteiger partial charge in [0.1, 0.15) is 10.0 Å². The van der Waals surface area contributed by atoms with Crippen molar-refractivity contribution < 1.29 is 4.74 Å². The molecule has 0 radical (unpaired) electrons. The van der Waals surface area contributed by atoms with Crippen LogP contribution >= 0.6 is 11.3 Å². The summed E-state index contributed by atoms with van der Waals surface area (Å²) in [5, 5.41) is 11.5. The Hall–Kier alpha value is -1.46. The van der Waals surface area contributed by atoms with Gasteiger partial charge in [0.05, 0.1) is 5.60 Å². The highest BCUT2D eigenvalue weighted by Crippen LogP contribution is 2.43. The fourth-order valence-corrected chi connectivity index (χ4v) is 7.72. The SMILES string of the molecule is CC[C@H]1CC[C@H](c2nnc(-c3ccc(N4CCC(OC)(C5CCCCC5)CC4)cc3)s2)CC1. The molecule has 3 aliphatic rings. The number of ether oxygens (including phenoxy) is 1. The van der Waals surface area contributed by atoms with Crippen LogP contribution in [-0.4, -0.2) is 36.0 Å². The molecule has 0 N–H and O–H groups in total. The van der Waals surface area contributed by atoms with Crippen molar-refractivity contribution in [2.75, 3.05) is 25.1 Å². The molecule has 5 heteroatoms. The van der Waals surface area contributed by atoms with Gasteiger partial charge in [-0.1, -0.05) is 43.9 Å². The third-order valence-electron chi connectivity index (χ3n) is 9.06. The molecule has 1 aliphatic heterocycles. The molecule has 0 spiro atoms. The number of methoxy groups -OCH3 is 1. The highest BCUT2D eigenvalue weighted by Gasteiger charge is 2.42. The maximum absolute atomic E-state index is 6.20. The van der Waals surface area contributed by atoms with Gasteiger partial charge in [-0.25, -0.2) is 0 Å². The summed E-state index contributed by atoms with van der Waals surface area (Å²) in [5.74, 6) is 2.30. The minimum atomic E-state index is 0.107. The summed E-state index contributed by atoms with van der Waals surface area (Å²) in [6.45, 7) is 4.51. The molecule has 2 aromatic rings. The normalized spacial score (nSPS) is 26.4. The minimum Gasteiger partial charge on any atom is -0.378 e. The zero-order chi connectivity index (χ0) is 22.7. The standard InChI is InChI=1S/C28H41N3OS/c1-3-21-9-11-22(12-10-21)26-29-30-27(33-26)23-13-15-25(16-14-23)31-19-17-28(32-2,18-20-31)24-7-5-4-6-8-24/h13-16,21-22,24H,3-12,17-20H2,1-2H3/t21-,22-. The predicted octanol–water partition coefficient (Wildman–Crippen LogP) is 7.45. The fraction of sp³-hybridized carbons (Fsp3) is 0.714. The molecule has 2 heterocycles. The lowest BCUT2D eigenvalue weighted by molar-refractivity contribution is -0.0856. The Kier molecular flexibility index (Phi) is 7.36. The Balaban J connectivity index is 1.20. The second-order valence-electron chi connectivity index (χ2n) is 10.7. The van der Waals surface area contributed by atoms with E-state index in [9.17, 15) is 0 Å². The quantitative estimate of drug-likeness (QED) is 0.442. The van der Waals surface area contributed by atoms with Gasteiger partial charge in [-0.05, 0) is 87.5 Å². The zero-order valence-electron chi connectivity index (χ0n) is 20.6. The van der Waals surface area contributed by atoms with Gasteiger partial charge in [-0.2, -0.15) is 0 Å². The van der Waals surface area contributed by atoms with E-state index in [4.69, 9.17) is 4.74 Å². The summed E-state index contributed by atoms with van der Waals surface area (Å²) in [5.41, 5.74) is 2.64. The first-order valence-electron chi connectivity index (χ1n) is 13.4. The highest BCUT2D eigenvalue weighted by molar-refractivity contribution is 7.14. The Bertz CT molecular complexity index is 873. The number of anilines is 1. The van der Waals surface area contributed by atoms with Crippen molar-refractivity contribution in [2.24, 2.45) is 11.8 Å². The van der Waals surface area contributed by atoms with Crippen LogP contribution in [0.15, 0.2) is 24.3 Å². The van der Waals surface area contributed by atoms with Crippen LogP contribution in [0.2, 0.25) is 0 Å². The third-order valence-corrected chi connectivity index (χ3v) is 10.2. The second-order valence-corrected chi connectivity index (χ2v) is 11.7. The van der Waals surface area contributed by atoms with Crippen molar-refractivity contribution in [3.05, 3.63) is 29.3 Å². The zero-order valence-corrected chi connectivity index (χ0v) is 21.4. The van der Waals surface area contributed by atoms with E-state index in [1.165, 1.54) is 80.5 Å². The molecule has 0 bridgehead atoms. The van der Waals surface area contributed by atoms with Crippen molar-refractivity contribution in [1.29, 1.82) is 0 Å². The molecule has 1 saturated heterocycles. The van der Waals surface area contributed by atoms with Gasteiger partial charge in [0.2, 0.25) is 0 Å². The molecule has 1 aromatic carbocycles. The Labute approximate surface area is 204 Å². The van der Waals surface area contributed by atoms with E-state index in [0.29, 0.717) is 5.92 Å². The Morgan fingerprint density at radius 2 is 1.64 bits per heavy atom. The van der Waals surface area contributed by atoms with Gasteiger partial charge in [0, 0.05) is 37.4 Å². The smallest absolute Gasteiger partial charge is 0.147 e. The van der Waals surface area contributed by atoms with Crippen molar-refractivity contribution in [3.63, 3.8) is 0 Å². The van der Waals surface area contributed by atoms with Crippen molar-refractivity contribution in [3.8, 4) is 10.6 Å². The van der Waals surface area contributed by atoms with Crippen LogP contribution in [0.25, 0.3) is 10.6 Å². The number of rotatable bonds is 6. The van der Waals surface area contributed by atoms with Crippen molar-refractivity contribution in [1.82, 2.24) is 10.2 Å². The Morgan fingerprint density at radius 1 is 0.939 bits per heavy atom. The van der Waals surface area contributed by atoms with E-state index < -0.39 is 0 Å². The summed E-state index contributed by atoms with van der Waals surface area (Å²) in [6, 6.07) is 9.05. The number of benzene rings is 1. The monoisotopic (exact) mass is 467 g/mol. The van der Waals surface area contributed by atoms with Crippen LogP contribution in [0.5, 0.6) is 0 Å². The van der Waals surface area contributed by atoms with Crippen LogP contribution in [0.1, 0.15) is 94.9 Å². The average molecular weight is 468 g/mol. The first-order chi connectivity index (χ1) is 16.2. The van der Waals surface area contributed by atoms with Crippen molar-refractivity contribution >= 4 is 17.0 Å². The maximum Gasteiger partial charge on any atom is 0.147 e.